The van der Waals surface area contributed by atoms with Gasteiger partial charge in [-0.2, -0.15) is 4.31 Å². The number of nitrogens with one attached hydrogen (secondary N) is 1. The average molecular weight is 749 g/mol. The SMILES string of the molecule is COc1ccc(Cl)c(CN(Cc2cccc(CN3C(OC(=O)N[C@@H]4[C@@H]5CC[C@@H](C5)[C@H]4C(C)C)CCS3(=O)=O)c2)[C@H](CN(C)C)CC(C)(C)C)c1F. The van der Waals surface area contributed by atoms with Crippen molar-refractivity contribution in [1.29, 1.82) is 0 Å². The summed E-state index contributed by atoms with van der Waals surface area (Å²) in [6.45, 7) is 12.6. The number of rotatable bonds is 14. The first kappa shape index (κ1) is 39.8. The number of benzene rings is 2. The van der Waals surface area contributed by atoms with Gasteiger partial charge in [0.25, 0.3) is 0 Å². The lowest BCUT2D eigenvalue weighted by atomic mass is 9.77. The number of alkyl carbamates (subject to hydrolysis) is 1. The highest BCUT2D eigenvalue weighted by Crippen LogP contribution is 2.51. The Kier molecular flexibility index (Phi) is 12.7. The van der Waals surface area contributed by atoms with Gasteiger partial charge in [-0.25, -0.2) is 17.6 Å². The maximum Gasteiger partial charge on any atom is 0.408 e. The highest BCUT2D eigenvalue weighted by atomic mass is 35.5. The molecule has 12 heteroatoms. The summed E-state index contributed by atoms with van der Waals surface area (Å²) < 4.78 is 54.7. The van der Waals surface area contributed by atoms with Crippen molar-refractivity contribution in [3.63, 3.8) is 0 Å². The summed E-state index contributed by atoms with van der Waals surface area (Å²) in [5.74, 6) is 1.55. The Morgan fingerprint density at radius 2 is 1.78 bits per heavy atom. The van der Waals surface area contributed by atoms with Gasteiger partial charge in [-0.3, -0.25) is 4.90 Å². The second-order valence-electron chi connectivity index (χ2n) is 16.8. The Morgan fingerprint density at radius 1 is 1.08 bits per heavy atom. The Hall–Kier alpha value is -2.44. The summed E-state index contributed by atoms with van der Waals surface area (Å²) in [6, 6.07) is 11.1. The van der Waals surface area contributed by atoms with Crippen molar-refractivity contribution in [3.8, 4) is 5.75 Å². The lowest BCUT2D eigenvalue weighted by molar-refractivity contribution is 0.0300. The number of carbonyl (C=O) groups is 1. The molecule has 2 saturated carbocycles. The van der Waals surface area contributed by atoms with Crippen molar-refractivity contribution in [2.75, 3.05) is 33.5 Å². The van der Waals surface area contributed by atoms with E-state index in [-0.39, 0.29) is 48.5 Å². The van der Waals surface area contributed by atoms with Gasteiger partial charge in [-0.05, 0) is 92.1 Å². The Morgan fingerprint density at radius 3 is 2.45 bits per heavy atom. The molecule has 284 valence electrons. The smallest absolute Gasteiger partial charge is 0.408 e. The van der Waals surface area contributed by atoms with E-state index in [9.17, 15) is 13.2 Å². The van der Waals surface area contributed by atoms with Crippen LogP contribution in [0.15, 0.2) is 36.4 Å². The highest BCUT2D eigenvalue weighted by Gasteiger charge is 2.50. The van der Waals surface area contributed by atoms with Crippen LogP contribution in [0.4, 0.5) is 9.18 Å². The molecule has 2 aromatic carbocycles. The fraction of sp³-hybridized carbons (Fsp3) is 0.667. The number of sulfonamides is 1. The first-order valence-electron chi connectivity index (χ1n) is 18.4. The predicted molar refractivity (Wildman–Crippen MR) is 200 cm³/mol. The molecule has 3 fully saturated rings. The zero-order valence-corrected chi connectivity index (χ0v) is 33.2. The molecule has 51 heavy (non-hydrogen) atoms. The highest BCUT2D eigenvalue weighted by molar-refractivity contribution is 7.89. The molecular weight excluding hydrogens is 691 g/mol. The molecule has 1 saturated heterocycles. The minimum absolute atomic E-state index is 0.00401. The summed E-state index contributed by atoms with van der Waals surface area (Å²) in [6.07, 6.45) is 3.12. The van der Waals surface area contributed by atoms with Crippen LogP contribution in [0.2, 0.25) is 5.02 Å². The number of carbonyl (C=O) groups excluding carboxylic acids is 1. The molecule has 0 radical (unpaired) electrons. The predicted octanol–water partition coefficient (Wildman–Crippen LogP) is 7.51. The minimum Gasteiger partial charge on any atom is -0.494 e. The van der Waals surface area contributed by atoms with Gasteiger partial charge in [0.15, 0.2) is 17.8 Å². The first-order chi connectivity index (χ1) is 24.0. The molecule has 2 bridgehead atoms. The average Bonchev–Trinajstić information content (AvgIpc) is 3.72. The van der Waals surface area contributed by atoms with Crippen LogP contribution in [0.1, 0.15) is 83.4 Å². The van der Waals surface area contributed by atoms with E-state index < -0.39 is 28.2 Å². The van der Waals surface area contributed by atoms with Gasteiger partial charge in [0.05, 0.1) is 12.9 Å². The molecule has 1 amide bonds. The van der Waals surface area contributed by atoms with Gasteiger partial charge in [0.1, 0.15) is 0 Å². The molecular formula is C39H58ClFN4O5S. The largest absolute Gasteiger partial charge is 0.494 e. The molecule has 0 spiro atoms. The summed E-state index contributed by atoms with van der Waals surface area (Å²) in [5.41, 5.74) is 2.10. The fourth-order valence-corrected chi connectivity index (χ4v) is 10.7. The second kappa shape index (κ2) is 16.3. The molecule has 2 aliphatic carbocycles. The molecule has 3 aliphatic rings. The number of hydrogen-bond donors (Lipinski definition) is 1. The summed E-state index contributed by atoms with van der Waals surface area (Å²) in [4.78, 5) is 17.6. The van der Waals surface area contributed by atoms with Crippen molar-refractivity contribution in [3.05, 3.63) is 63.9 Å². The third-order valence-corrected chi connectivity index (χ3v) is 13.2. The Balaban J connectivity index is 1.35. The van der Waals surface area contributed by atoms with E-state index in [0.717, 1.165) is 36.9 Å². The standard InChI is InChI=1S/C39H58ClFN4O5S/c1-25(2)35-28-12-13-29(19-28)37(35)42-38(46)50-34-16-17-51(47,48)45(34)22-27-11-9-10-26(18-27)21-44(30(23-43(6)7)20-39(3,4)5)24-31-32(40)14-15-33(49-8)36(31)41/h9-11,14-15,18,25,28-30,34-35,37H,12-13,16-17,19-24H2,1-8H3,(H,42,46)/t28-,29+,30-,34?,35+,37+/m0/s1. The molecule has 1 aliphatic heterocycles. The van der Waals surface area contributed by atoms with Gasteiger partial charge < -0.3 is 19.7 Å². The number of halogens is 2. The Bertz CT molecular complexity index is 1630. The maximum atomic E-state index is 15.6. The first-order valence-corrected chi connectivity index (χ1v) is 20.4. The van der Waals surface area contributed by atoms with E-state index in [1.807, 2.05) is 38.4 Å². The van der Waals surface area contributed by atoms with Crippen LogP contribution in [-0.4, -0.2) is 80.4 Å². The summed E-state index contributed by atoms with van der Waals surface area (Å²) >= 11 is 6.59. The third kappa shape index (κ3) is 9.76. The molecule has 2 aromatic rings. The molecule has 1 heterocycles. The van der Waals surface area contributed by atoms with Crippen molar-refractivity contribution in [1.82, 2.24) is 19.4 Å². The van der Waals surface area contributed by atoms with E-state index >= 15 is 4.39 Å². The van der Waals surface area contributed by atoms with Gasteiger partial charge in [0.2, 0.25) is 10.0 Å². The molecule has 5 rings (SSSR count). The molecule has 9 nitrogen and oxygen atoms in total. The van der Waals surface area contributed by atoms with Crippen molar-refractivity contribution in [2.45, 2.75) is 105 Å². The number of ether oxygens (including phenoxy) is 2. The van der Waals surface area contributed by atoms with Crippen LogP contribution in [0, 0.1) is 34.9 Å². The number of fused-ring (bicyclic) bond motifs is 2. The lowest BCUT2D eigenvalue weighted by Crippen LogP contribution is -2.47. The van der Waals surface area contributed by atoms with E-state index in [0.29, 0.717) is 40.8 Å². The van der Waals surface area contributed by atoms with Gasteiger partial charge >= 0.3 is 6.09 Å². The van der Waals surface area contributed by atoms with Crippen LogP contribution in [0.25, 0.3) is 0 Å². The van der Waals surface area contributed by atoms with E-state index in [2.05, 4.69) is 49.7 Å². The number of methoxy groups -OCH3 is 1. The van der Waals surface area contributed by atoms with Crippen LogP contribution in [-0.2, 0) is 34.4 Å². The number of hydrogen-bond acceptors (Lipinski definition) is 7. The van der Waals surface area contributed by atoms with Gasteiger partial charge in [-0.15, -0.1) is 0 Å². The van der Waals surface area contributed by atoms with Crippen LogP contribution < -0.4 is 10.1 Å². The Labute approximate surface area is 310 Å². The summed E-state index contributed by atoms with van der Waals surface area (Å²) in [5, 5.41) is 3.48. The number of amides is 1. The fourth-order valence-electron chi connectivity index (χ4n) is 8.88. The molecule has 6 atom stereocenters. The number of likely N-dealkylation sites (N-methyl/N-ethyl adjacent to an activating group) is 1. The second-order valence-corrected chi connectivity index (χ2v) is 19.2. The summed E-state index contributed by atoms with van der Waals surface area (Å²) in [7, 11) is 1.87. The lowest BCUT2D eigenvalue weighted by Gasteiger charge is -2.38. The quantitative estimate of drug-likeness (QED) is 0.214. The zero-order chi connectivity index (χ0) is 37.2. The topological polar surface area (TPSA) is 91.4 Å². The van der Waals surface area contributed by atoms with Crippen LogP contribution in [0.5, 0.6) is 5.75 Å². The molecule has 1 unspecified atom stereocenters. The minimum atomic E-state index is -3.64. The molecule has 0 aromatic heterocycles. The number of nitrogens with zero attached hydrogens (tertiary/aromatic N) is 3. The monoisotopic (exact) mass is 748 g/mol. The van der Waals surface area contributed by atoms with Crippen molar-refractivity contribution in [2.24, 2.45) is 29.1 Å². The van der Waals surface area contributed by atoms with Crippen LogP contribution in [0.3, 0.4) is 0 Å². The van der Waals surface area contributed by atoms with E-state index in [4.69, 9.17) is 21.1 Å². The van der Waals surface area contributed by atoms with Crippen LogP contribution >= 0.6 is 11.6 Å². The van der Waals surface area contributed by atoms with Crippen molar-refractivity contribution < 1.29 is 27.1 Å². The normalized spacial score (nSPS) is 25.2. The van der Waals surface area contributed by atoms with E-state index in [1.54, 1.807) is 6.07 Å². The molecule has 1 N–H and O–H groups in total. The van der Waals surface area contributed by atoms with Gasteiger partial charge in [-0.1, -0.05) is 70.5 Å². The maximum absolute atomic E-state index is 15.6. The van der Waals surface area contributed by atoms with Crippen molar-refractivity contribution >= 4 is 27.7 Å². The third-order valence-electron chi connectivity index (χ3n) is 11.0. The van der Waals surface area contributed by atoms with E-state index in [1.165, 1.54) is 23.9 Å². The van der Waals surface area contributed by atoms with Gasteiger partial charge in [0, 0.05) is 55.3 Å². The zero-order valence-electron chi connectivity index (χ0n) is 31.6.